The lowest BCUT2D eigenvalue weighted by molar-refractivity contribution is 0.0629. The van der Waals surface area contributed by atoms with Crippen molar-refractivity contribution >= 4 is 151 Å². The number of halogens is 8. The number of carbonyl (C=O) groups excluding carboxylic acids is 4. The van der Waals surface area contributed by atoms with Gasteiger partial charge in [0.25, 0.3) is 23.6 Å². The maximum Gasteiger partial charge on any atom is 0.262 e. The topological polar surface area (TPSA) is 74.8 Å². The maximum absolute atomic E-state index is 12.9. The molecule has 0 bridgehead atoms. The van der Waals surface area contributed by atoms with Gasteiger partial charge in [-0.1, -0.05) is 12.8 Å². The molecule has 0 unspecified atom stereocenters. The Bertz CT molecular complexity index is 1180. The van der Waals surface area contributed by atoms with Gasteiger partial charge in [0.15, 0.2) is 0 Å². The predicted octanol–water partition coefficient (Wildman–Crippen LogP) is 9.24. The van der Waals surface area contributed by atoms with E-state index in [1.807, 2.05) is 0 Å². The number of benzene rings is 2. The minimum atomic E-state index is -0.338. The molecule has 4 amide bonds. The zero-order chi connectivity index (χ0) is 26.6. The molecule has 4 rings (SSSR count). The fourth-order valence-corrected chi connectivity index (χ4v) is 9.01. The zero-order valence-electron chi connectivity index (χ0n) is 17.8. The molecule has 0 aliphatic carbocycles. The average molecular weight is 1010 g/mol. The summed E-state index contributed by atoms with van der Waals surface area (Å²) in [6.07, 6.45) is 2.69. The highest BCUT2D eigenvalue weighted by Crippen LogP contribution is 2.46. The van der Waals surface area contributed by atoms with E-state index < -0.39 is 0 Å². The van der Waals surface area contributed by atoms with Crippen molar-refractivity contribution in [2.45, 2.75) is 25.7 Å². The summed E-state index contributed by atoms with van der Waals surface area (Å²) >= 11 is 27.4. The molecule has 0 saturated heterocycles. The average Bonchev–Trinajstić information content (AvgIpc) is 3.25. The van der Waals surface area contributed by atoms with Crippen LogP contribution in [0.1, 0.15) is 67.1 Å². The summed E-state index contributed by atoms with van der Waals surface area (Å²) in [6, 6.07) is 0. The number of hydrogen-bond donors (Lipinski definition) is 0. The Morgan fingerprint density at radius 3 is 0.806 bits per heavy atom. The van der Waals surface area contributed by atoms with Crippen LogP contribution in [0.2, 0.25) is 0 Å². The number of unbranched alkanes of at least 4 members (excludes halogenated alkanes) is 3. The van der Waals surface area contributed by atoms with Gasteiger partial charge < -0.3 is 0 Å². The summed E-state index contributed by atoms with van der Waals surface area (Å²) in [4.78, 5) is 54.3. The molecule has 2 aromatic rings. The molecule has 2 aromatic carbocycles. The molecule has 0 spiro atoms. The van der Waals surface area contributed by atoms with Crippen LogP contribution < -0.4 is 0 Å². The van der Waals surface area contributed by atoms with E-state index in [2.05, 4.69) is 127 Å². The molecule has 36 heavy (non-hydrogen) atoms. The van der Waals surface area contributed by atoms with Crippen LogP contribution in [0.4, 0.5) is 0 Å². The predicted molar refractivity (Wildman–Crippen MR) is 164 cm³/mol. The second-order valence-corrected chi connectivity index (χ2v) is 14.3. The van der Waals surface area contributed by atoms with Crippen molar-refractivity contribution in [1.29, 1.82) is 0 Å². The molecule has 190 valence electrons. The first-order valence-corrected chi connectivity index (χ1v) is 16.7. The molecule has 0 radical (unpaired) electrons. The van der Waals surface area contributed by atoms with Crippen molar-refractivity contribution < 1.29 is 19.2 Å². The molecule has 2 aliphatic heterocycles. The highest BCUT2D eigenvalue weighted by Gasteiger charge is 2.42. The molecule has 0 atom stereocenters. The van der Waals surface area contributed by atoms with Crippen LogP contribution in [0.25, 0.3) is 0 Å². The van der Waals surface area contributed by atoms with E-state index in [0.717, 1.165) is 12.8 Å². The van der Waals surface area contributed by atoms with Gasteiger partial charge in [-0.3, -0.25) is 29.0 Å². The van der Waals surface area contributed by atoms with E-state index in [1.165, 1.54) is 9.80 Å². The van der Waals surface area contributed by atoms with Crippen LogP contribution in [0.5, 0.6) is 0 Å². The fourth-order valence-electron chi connectivity index (χ4n) is 4.09. The number of fused-ring (bicyclic) bond motifs is 2. The van der Waals surface area contributed by atoms with Gasteiger partial charge >= 0.3 is 0 Å². The summed E-state index contributed by atoms with van der Waals surface area (Å²) in [5.41, 5.74) is 1.35. The summed E-state index contributed by atoms with van der Waals surface area (Å²) in [5, 5.41) is 0. The molecule has 0 saturated carbocycles. The van der Waals surface area contributed by atoms with Crippen LogP contribution in [0, 0.1) is 0 Å². The lowest BCUT2D eigenvalue weighted by Gasteiger charge is -2.15. The first-order chi connectivity index (χ1) is 16.9. The normalized spacial score (nSPS) is 14.9. The van der Waals surface area contributed by atoms with Gasteiger partial charge in [-0.25, -0.2) is 0 Å². The van der Waals surface area contributed by atoms with E-state index >= 15 is 0 Å². The summed E-state index contributed by atoms with van der Waals surface area (Å²) in [5.74, 6) is -1.35. The van der Waals surface area contributed by atoms with Crippen LogP contribution in [0.15, 0.2) is 35.8 Å². The lowest BCUT2D eigenvalue weighted by Crippen LogP contribution is -2.31. The van der Waals surface area contributed by atoms with Gasteiger partial charge in [-0.2, -0.15) is 0 Å². The highest BCUT2D eigenvalue weighted by molar-refractivity contribution is 9.15. The van der Waals surface area contributed by atoms with Crippen LogP contribution in [-0.4, -0.2) is 46.5 Å². The van der Waals surface area contributed by atoms with Crippen molar-refractivity contribution in [2.75, 3.05) is 13.1 Å². The van der Waals surface area contributed by atoms with Crippen molar-refractivity contribution in [3.8, 4) is 0 Å². The van der Waals surface area contributed by atoms with Crippen molar-refractivity contribution in [2.24, 2.45) is 0 Å². The molecule has 0 fully saturated rings. The van der Waals surface area contributed by atoms with E-state index in [1.54, 1.807) is 0 Å². The molecular weight excluding hydrogens is 995 g/mol. The quantitative estimate of drug-likeness (QED) is 0.120. The van der Waals surface area contributed by atoms with Crippen molar-refractivity contribution in [3.05, 3.63) is 58.0 Å². The van der Waals surface area contributed by atoms with Gasteiger partial charge in [0.05, 0.1) is 22.3 Å². The highest BCUT2D eigenvalue weighted by atomic mass is 79.9. The minimum absolute atomic E-state index is 0.287. The maximum atomic E-state index is 12.9. The standard InChI is InChI=1S/C22H12Br8N2O4/c23-11-7-8(12(24)16(28)15(11)27)20(34)31(19(7)33)5-3-1-2-4-6-32-21(35)9-10(22(32)36)14(26)18(30)17(29)13(9)25/h1-6H2. The molecule has 6 nitrogen and oxygen atoms in total. The Morgan fingerprint density at radius 1 is 0.361 bits per heavy atom. The molecule has 0 aromatic heterocycles. The van der Waals surface area contributed by atoms with Gasteiger partial charge in [0, 0.05) is 48.9 Å². The van der Waals surface area contributed by atoms with Crippen LogP contribution in [0.3, 0.4) is 0 Å². The molecule has 14 heteroatoms. The third-order valence-corrected chi connectivity index (χ3v) is 15.4. The number of amides is 4. The Kier molecular flexibility index (Phi) is 9.50. The van der Waals surface area contributed by atoms with E-state index in [4.69, 9.17) is 0 Å². The zero-order valence-corrected chi connectivity index (χ0v) is 30.5. The van der Waals surface area contributed by atoms with E-state index in [9.17, 15) is 19.2 Å². The Labute approximate surface area is 273 Å². The lowest BCUT2D eigenvalue weighted by atomic mass is 10.1. The van der Waals surface area contributed by atoms with Gasteiger partial charge in [-0.15, -0.1) is 0 Å². The fraction of sp³-hybridized carbons (Fsp3) is 0.273. The minimum Gasteiger partial charge on any atom is -0.274 e. The second kappa shape index (κ2) is 11.6. The van der Waals surface area contributed by atoms with Gasteiger partial charge in [0.2, 0.25) is 0 Å². The Morgan fingerprint density at radius 2 is 0.583 bits per heavy atom. The van der Waals surface area contributed by atoms with Gasteiger partial charge in [0.1, 0.15) is 0 Å². The number of nitrogens with zero attached hydrogens (tertiary/aromatic N) is 2. The van der Waals surface area contributed by atoms with Crippen LogP contribution in [-0.2, 0) is 0 Å². The first-order valence-electron chi connectivity index (χ1n) is 10.4. The largest absolute Gasteiger partial charge is 0.274 e. The number of imide groups is 2. The third kappa shape index (κ3) is 4.85. The van der Waals surface area contributed by atoms with Gasteiger partial charge in [-0.05, 0) is 140 Å². The first kappa shape index (κ1) is 29.5. The Hall–Kier alpha value is 0.560. The van der Waals surface area contributed by atoms with Crippen molar-refractivity contribution in [1.82, 2.24) is 9.80 Å². The summed E-state index contributed by atoms with van der Waals surface area (Å²) in [6.45, 7) is 0.574. The molecule has 0 N–H and O–H groups in total. The van der Waals surface area contributed by atoms with Crippen molar-refractivity contribution in [3.63, 3.8) is 0 Å². The number of hydrogen-bond acceptors (Lipinski definition) is 4. The SMILES string of the molecule is O=C1c2c(Br)c(Br)c(Br)c(Br)c2C(=O)N1CCCCCCN1C(=O)c2c(Br)c(Br)c(Br)c(Br)c2C1=O. The molecule has 2 aliphatic rings. The van der Waals surface area contributed by atoms with E-state index in [0.29, 0.717) is 70.9 Å². The summed E-state index contributed by atoms with van der Waals surface area (Å²) in [7, 11) is 0. The molecular formula is C22H12Br8N2O4. The number of carbonyl (C=O) groups is 4. The second-order valence-electron chi connectivity index (χ2n) is 7.95. The molecule has 2 heterocycles. The van der Waals surface area contributed by atoms with Crippen LogP contribution >= 0.6 is 127 Å². The smallest absolute Gasteiger partial charge is 0.262 e. The summed E-state index contributed by atoms with van der Waals surface area (Å²) < 4.78 is 4.76. The van der Waals surface area contributed by atoms with E-state index in [-0.39, 0.29) is 36.7 Å². The monoisotopic (exact) mass is 999 g/mol. The Balaban J connectivity index is 1.33. The third-order valence-electron chi connectivity index (χ3n) is 5.88. The number of rotatable bonds is 7.